The monoisotopic (exact) mass is 253 g/mol. The Bertz CT molecular complexity index is 562. The molecule has 18 heavy (non-hydrogen) atoms. The number of hydrogen-bond acceptors (Lipinski definition) is 2. The predicted molar refractivity (Wildman–Crippen MR) is 78.9 cm³/mol. The average molecular weight is 253 g/mol. The minimum absolute atomic E-state index is 0.993. The van der Waals surface area contributed by atoms with E-state index in [4.69, 9.17) is 0 Å². The highest BCUT2D eigenvalue weighted by atomic mass is 32.2. The van der Waals surface area contributed by atoms with Gasteiger partial charge in [-0.2, -0.15) is 0 Å². The molecule has 0 aliphatic carbocycles. The highest BCUT2D eigenvalue weighted by Gasteiger charge is 2.22. The second-order valence-corrected chi connectivity index (χ2v) is 5.47. The molecular weight excluding hydrogens is 238 g/mol. The normalized spacial score (nSPS) is 13.8. The van der Waals surface area contributed by atoms with Crippen LogP contribution in [0.25, 0.3) is 0 Å². The molecule has 0 aromatic heterocycles. The zero-order valence-corrected chi connectivity index (χ0v) is 11.0. The van der Waals surface area contributed by atoms with E-state index in [0.29, 0.717) is 0 Å². The van der Waals surface area contributed by atoms with Gasteiger partial charge >= 0.3 is 0 Å². The summed E-state index contributed by atoms with van der Waals surface area (Å²) in [6, 6.07) is 19.1. The van der Waals surface area contributed by atoms with E-state index in [1.165, 1.54) is 16.1 Å². The minimum Gasteiger partial charge on any atom is -0.335 e. The largest absolute Gasteiger partial charge is 0.335 e. The first-order valence-electron chi connectivity index (χ1n) is 6.12. The molecule has 1 nitrogen and oxygen atoms in total. The van der Waals surface area contributed by atoms with Crippen molar-refractivity contribution in [1.82, 2.24) is 0 Å². The SMILES string of the molecule is C=C1Sc2ccccc2N1CCc1ccccc1. The summed E-state index contributed by atoms with van der Waals surface area (Å²) >= 11 is 1.77. The van der Waals surface area contributed by atoms with Gasteiger partial charge in [0.1, 0.15) is 0 Å². The lowest BCUT2D eigenvalue weighted by Gasteiger charge is -2.19. The van der Waals surface area contributed by atoms with Crippen LogP contribution in [0.3, 0.4) is 0 Å². The van der Waals surface area contributed by atoms with E-state index in [1.54, 1.807) is 11.8 Å². The van der Waals surface area contributed by atoms with Crippen molar-refractivity contribution in [3.63, 3.8) is 0 Å². The second kappa shape index (κ2) is 4.91. The summed E-state index contributed by atoms with van der Waals surface area (Å²) in [6.45, 7) is 5.14. The van der Waals surface area contributed by atoms with Gasteiger partial charge in [-0.15, -0.1) is 0 Å². The van der Waals surface area contributed by atoms with Gasteiger partial charge in [0.2, 0.25) is 0 Å². The molecule has 0 atom stereocenters. The first-order valence-corrected chi connectivity index (χ1v) is 6.93. The van der Waals surface area contributed by atoms with Crippen LogP contribution in [0.2, 0.25) is 0 Å². The van der Waals surface area contributed by atoms with Gasteiger partial charge in [0.15, 0.2) is 0 Å². The fourth-order valence-electron chi connectivity index (χ4n) is 2.21. The van der Waals surface area contributed by atoms with Crippen LogP contribution in [0.1, 0.15) is 5.56 Å². The zero-order valence-electron chi connectivity index (χ0n) is 10.2. The van der Waals surface area contributed by atoms with Gasteiger partial charge in [0.05, 0.1) is 10.7 Å². The lowest BCUT2D eigenvalue weighted by molar-refractivity contribution is 0.902. The minimum atomic E-state index is 0.993. The van der Waals surface area contributed by atoms with Gasteiger partial charge in [-0.25, -0.2) is 0 Å². The van der Waals surface area contributed by atoms with Crippen LogP contribution in [0.5, 0.6) is 0 Å². The number of thioether (sulfide) groups is 1. The predicted octanol–water partition coefficient (Wildman–Crippen LogP) is 4.31. The summed E-state index contributed by atoms with van der Waals surface area (Å²) in [5.74, 6) is 0. The second-order valence-electron chi connectivity index (χ2n) is 4.35. The highest BCUT2D eigenvalue weighted by Crippen LogP contribution is 2.44. The first kappa shape index (κ1) is 11.4. The van der Waals surface area contributed by atoms with Crippen molar-refractivity contribution in [2.24, 2.45) is 0 Å². The van der Waals surface area contributed by atoms with E-state index in [1.807, 2.05) is 0 Å². The molecular formula is C16H15NS. The molecule has 2 aromatic rings. The maximum Gasteiger partial charge on any atom is 0.0728 e. The molecule has 0 saturated heterocycles. The standard InChI is InChI=1S/C16H15NS/c1-13-17(12-11-14-7-3-2-4-8-14)15-9-5-6-10-16(15)18-13/h2-10H,1,11-12H2. The van der Waals surface area contributed by atoms with Gasteiger partial charge in [0.25, 0.3) is 0 Å². The number of para-hydroxylation sites is 1. The van der Waals surface area contributed by atoms with Gasteiger partial charge in [-0.1, -0.05) is 60.8 Å². The topological polar surface area (TPSA) is 3.24 Å². The number of fused-ring (bicyclic) bond motifs is 1. The molecule has 0 fully saturated rings. The maximum atomic E-state index is 4.15. The Morgan fingerprint density at radius 1 is 0.944 bits per heavy atom. The molecule has 1 aliphatic rings. The number of anilines is 1. The van der Waals surface area contributed by atoms with Crippen molar-refractivity contribution < 1.29 is 0 Å². The number of benzene rings is 2. The lowest BCUT2D eigenvalue weighted by Crippen LogP contribution is -2.20. The molecule has 2 heteroatoms. The summed E-state index contributed by atoms with van der Waals surface area (Å²) in [7, 11) is 0. The van der Waals surface area contributed by atoms with Crippen LogP contribution in [-0.2, 0) is 6.42 Å². The van der Waals surface area contributed by atoms with Crippen LogP contribution in [-0.4, -0.2) is 6.54 Å². The molecule has 3 rings (SSSR count). The van der Waals surface area contributed by atoms with Crippen molar-refractivity contribution in [3.05, 3.63) is 71.8 Å². The molecule has 90 valence electrons. The number of nitrogens with zero attached hydrogens (tertiary/aromatic N) is 1. The van der Waals surface area contributed by atoms with Crippen molar-refractivity contribution in [1.29, 1.82) is 0 Å². The number of rotatable bonds is 3. The fraction of sp³-hybridized carbons (Fsp3) is 0.125. The van der Waals surface area contributed by atoms with E-state index in [2.05, 4.69) is 66.1 Å². The van der Waals surface area contributed by atoms with Crippen LogP contribution in [0.15, 0.2) is 71.1 Å². The average Bonchev–Trinajstić information content (AvgIpc) is 2.73. The number of hydrogen-bond donors (Lipinski definition) is 0. The lowest BCUT2D eigenvalue weighted by atomic mass is 10.1. The van der Waals surface area contributed by atoms with Crippen molar-refractivity contribution in [3.8, 4) is 0 Å². The van der Waals surface area contributed by atoms with Gasteiger partial charge in [-0.05, 0) is 24.1 Å². The summed E-state index contributed by atoms with van der Waals surface area (Å²) < 4.78 is 0. The first-order chi connectivity index (χ1) is 8.84. The van der Waals surface area contributed by atoms with Crippen LogP contribution < -0.4 is 4.90 Å². The van der Waals surface area contributed by atoms with Crippen LogP contribution >= 0.6 is 11.8 Å². The van der Waals surface area contributed by atoms with E-state index in [9.17, 15) is 0 Å². The van der Waals surface area contributed by atoms with E-state index >= 15 is 0 Å². The van der Waals surface area contributed by atoms with Crippen LogP contribution in [0, 0.1) is 0 Å². The Morgan fingerprint density at radius 2 is 1.67 bits per heavy atom. The molecule has 1 heterocycles. The molecule has 2 aromatic carbocycles. The zero-order chi connectivity index (χ0) is 12.4. The van der Waals surface area contributed by atoms with E-state index in [-0.39, 0.29) is 0 Å². The third kappa shape index (κ3) is 2.16. The smallest absolute Gasteiger partial charge is 0.0728 e. The summed E-state index contributed by atoms with van der Waals surface area (Å²) in [5.41, 5.74) is 2.67. The van der Waals surface area contributed by atoms with Gasteiger partial charge in [0, 0.05) is 11.4 Å². The molecule has 0 radical (unpaired) electrons. The van der Waals surface area contributed by atoms with Crippen molar-refractivity contribution in [2.45, 2.75) is 11.3 Å². The van der Waals surface area contributed by atoms with Gasteiger partial charge < -0.3 is 4.90 Å². The molecule has 0 spiro atoms. The molecule has 1 aliphatic heterocycles. The maximum absolute atomic E-state index is 4.15. The quantitative estimate of drug-likeness (QED) is 0.801. The fourth-order valence-corrected chi connectivity index (χ4v) is 3.20. The molecule has 0 unspecified atom stereocenters. The molecule has 0 amide bonds. The Balaban J connectivity index is 1.76. The Hall–Kier alpha value is -1.67. The molecule has 0 saturated carbocycles. The molecule has 0 N–H and O–H groups in total. The van der Waals surface area contributed by atoms with Crippen molar-refractivity contribution in [2.75, 3.05) is 11.4 Å². The molecule has 0 bridgehead atoms. The summed E-state index contributed by atoms with van der Waals surface area (Å²) in [5, 5.41) is 1.13. The summed E-state index contributed by atoms with van der Waals surface area (Å²) in [6.07, 6.45) is 1.05. The van der Waals surface area contributed by atoms with Crippen LogP contribution in [0.4, 0.5) is 5.69 Å². The highest BCUT2D eigenvalue weighted by molar-refractivity contribution is 8.03. The summed E-state index contributed by atoms with van der Waals surface area (Å²) in [4.78, 5) is 3.63. The van der Waals surface area contributed by atoms with Crippen molar-refractivity contribution >= 4 is 17.4 Å². The van der Waals surface area contributed by atoms with E-state index < -0.39 is 0 Å². The third-order valence-electron chi connectivity index (χ3n) is 3.15. The third-order valence-corrected chi connectivity index (χ3v) is 4.17. The van der Waals surface area contributed by atoms with Gasteiger partial charge in [-0.3, -0.25) is 0 Å². The Labute approximate surface area is 112 Å². The Kier molecular flexibility index (Phi) is 3.11. The van der Waals surface area contributed by atoms with E-state index in [0.717, 1.165) is 18.0 Å². The Morgan fingerprint density at radius 3 is 2.50 bits per heavy atom.